The highest BCUT2D eigenvalue weighted by molar-refractivity contribution is 5.23. The first-order valence-corrected chi connectivity index (χ1v) is 6.70. The summed E-state index contributed by atoms with van der Waals surface area (Å²) in [5.74, 6) is 0.983. The number of rotatable bonds is 6. The fourth-order valence-corrected chi connectivity index (χ4v) is 2.16. The lowest BCUT2D eigenvalue weighted by Gasteiger charge is -2.19. The first-order chi connectivity index (χ1) is 9.22. The Morgan fingerprint density at radius 1 is 1.37 bits per heavy atom. The lowest BCUT2D eigenvalue weighted by molar-refractivity contribution is 0.503. The third-order valence-corrected chi connectivity index (χ3v) is 3.26. The lowest BCUT2D eigenvalue weighted by atomic mass is 10.0. The molecule has 2 rings (SSSR count). The second-order valence-electron chi connectivity index (χ2n) is 4.69. The van der Waals surface area contributed by atoms with Crippen LogP contribution in [0.25, 0.3) is 0 Å². The van der Waals surface area contributed by atoms with E-state index < -0.39 is 0 Å². The maximum absolute atomic E-state index is 4.38. The molecule has 5 nitrogen and oxygen atoms in total. The van der Waals surface area contributed by atoms with Crippen molar-refractivity contribution >= 4 is 0 Å². The van der Waals surface area contributed by atoms with E-state index in [9.17, 15) is 0 Å². The van der Waals surface area contributed by atoms with Gasteiger partial charge in [-0.2, -0.15) is 5.10 Å². The summed E-state index contributed by atoms with van der Waals surface area (Å²) in [6.45, 7) is 5.20. The topological polar surface area (TPSA) is 55.6 Å². The van der Waals surface area contributed by atoms with Gasteiger partial charge in [0, 0.05) is 31.4 Å². The van der Waals surface area contributed by atoms with Gasteiger partial charge in [0.1, 0.15) is 12.2 Å². The lowest BCUT2D eigenvalue weighted by Crippen LogP contribution is -2.26. The number of nitrogens with one attached hydrogen (secondary N) is 1. The van der Waals surface area contributed by atoms with Gasteiger partial charge in [-0.15, -0.1) is 0 Å². The van der Waals surface area contributed by atoms with Crippen molar-refractivity contribution in [2.24, 2.45) is 7.05 Å². The van der Waals surface area contributed by atoms with Gasteiger partial charge in [0.05, 0.1) is 0 Å². The molecule has 1 N–H and O–H groups in total. The fourth-order valence-electron chi connectivity index (χ4n) is 2.16. The van der Waals surface area contributed by atoms with Gasteiger partial charge < -0.3 is 5.32 Å². The molecule has 0 aliphatic rings. The third-order valence-electron chi connectivity index (χ3n) is 3.26. The second kappa shape index (κ2) is 6.43. The zero-order valence-corrected chi connectivity index (χ0v) is 11.8. The highest BCUT2D eigenvalue weighted by Gasteiger charge is 2.16. The van der Waals surface area contributed by atoms with Crippen LogP contribution in [0.15, 0.2) is 24.7 Å². The van der Waals surface area contributed by atoms with Crippen LogP contribution in [-0.4, -0.2) is 26.3 Å². The highest BCUT2D eigenvalue weighted by atomic mass is 15.3. The molecule has 2 heterocycles. The Labute approximate surface area is 114 Å². The van der Waals surface area contributed by atoms with Crippen molar-refractivity contribution in [1.29, 1.82) is 0 Å². The van der Waals surface area contributed by atoms with Gasteiger partial charge >= 0.3 is 0 Å². The minimum atomic E-state index is 0.233. The predicted octanol–water partition coefficient (Wildman–Crippen LogP) is 1.80. The van der Waals surface area contributed by atoms with E-state index >= 15 is 0 Å². The summed E-state index contributed by atoms with van der Waals surface area (Å²) in [7, 11) is 1.93. The monoisotopic (exact) mass is 259 g/mol. The molecule has 2 aromatic heterocycles. The zero-order valence-electron chi connectivity index (χ0n) is 11.8. The number of nitrogens with zero attached hydrogens (tertiary/aromatic N) is 4. The summed E-state index contributed by atoms with van der Waals surface area (Å²) in [6.07, 6.45) is 5.36. The van der Waals surface area contributed by atoms with Crippen molar-refractivity contribution in [3.8, 4) is 0 Å². The van der Waals surface area contributed by atoms with E-state index in [4.69, 9.17) is 0 Å². The molecule has 0 saturated carbocycles. The Bertz CT molecular complexity index is 520. The fraction of sp³-hybridized carbons (Fsp3) is 0.500. The average molecular weight is 259 g/mol. The molecule has 0 bridgehead atoms. The van der Waals surface area contributed by atoms with Crippen molar-refractivity contribution in [2.45, 2.75) is 32.7 Å². The van der Waals surface area contributed by atoms with Crippen LogP contribution in [0.5, 0.6) is 0 Å². The van der Waals surface area contributed by atoms with Gasteiger partial charge in [0.15, 0.2) is 0 Å². The van der Waals surface area contributed by atoms with Crippen LogP contribution in [0, 0.1) is 6.92 Å². The van der Waals surface area contributed by atoms with Gasteiger partial charge in [-0.05, 0) is 31.5 Å². The summed E-state index contributed by atoms with van der Waals surface area (Å²) in [6, 6.07) is 4.35. The van der Waals surface area contributed by atoms with Crippen LogP contribution >= 0.6 is 0 Å². The molecule has 0 fully saturated rings. The van der Waals surface area contributed by atoms with Gasteiger partial charge in [0.2, 0.25) is 0 Å². The molecule has 1 unspecified atom stereocenters. The zero-order chi connectivity index (χ0) is 13.7. The number of hydrogen-bond donors (Lipinski definition) is 1. The molecule has 0 aromatic carbocycles. The van der Waals surface area contributed by atoms with Crippen LogP contribution in [0.2, 0.25) is 0 Å². The largest absolute Gasteiger partial charge is 0.309 e. The Morgan fingerprint density at radius 2 is 2.21 bits per heavy atom. The van der Waals surface area contributed by atoms with E-state index in [0.717, 1.165) is 30.9 Å². The number of pyridine rings is 1. The predicted molar refractivity (Wildman–Crippen MR) is 74.7 cm³/mol. The molecule has 0 radical (unpaired) electrons. The summed E-state index contributed by atoms with van der Waals surface area (Å²) < 4.78 is 1.83. The summed E-state index contributed by atoms with van der Waals surface area (Å²) in [5, 5.41) is 7.70. The number of aryl methyl sites for hydroxylation is 2. The third kappa shape index (κ3) is 3.38. The minimum absolute atomic E-state index is 0.233. The maximum Gasteiger partial charge on any atom is 0.138 e. The van der Waals surface area contributed by atoms with Crippen LogP contribution in [0.4, 0.5) is 0 Å². The van der Waals surface area contributed by atoms with Crippen LogP contribution < -0.4 is 5.32 Å². The minimum Gasteiger partial charge on any atom is -0.309 e. The van der Waals surface area contributed by atoms with E-state index in [1.54, 1.807) is 6.33 Å². The molecule has 0 saturated heterocycles. The molecule has 5 heteroatoms. The van der Waals surface area contributed by atoms with Gasteiger partial charge in [-0.3, -0.25) is 9.67 Å². The quantitative estimate of drug-likeness (QED) is 0.859. The Balaban J connectivity index is 2.21. The first kappa shape index (κ1) is 13.7. The van der Waals surface area contributed by atoms with E-state index in [0.29, 0.717) is 0 Å². The number of aromatic nitrogens is 4. The van der Waals surface area contributed by atoms with Crippen LogP contribution in [0.1, 0.15) is 36.5 Å². The summed E-state index contributed by atoms with van der Waals surface area (Å²) in [5.41, 5.74) is 2.30. The van der Waals surface area contributed by atoms with Crippen molar-refractivity contribution < 1.29 is 0 Å². The SMILES string of the molecule is CCCNC(Cc1ncnn1C)c1cccnc1C. The smallest absolute Gasteiger partial charge is 0.138 e. The Morgan fingerprint density at radius 3 is 2.84 bits per heavy atom. The average Bonchev–Trinajstić information content (AvgIpc) is 2.81. The van der Waals surface area contributed by atoms with E-state index in [-0.39, 0.29) is 6.04 Å². The summed E-state index contributed by atoms with van der Waals surface area (Å²) >= 11 is 0. The molecule has 102 valence electrons. The highest BCUT2D eigenvalue weighted by Crippen LogP contribution is 2.19. The first-order valence-electron chi connectivity index (χ1n) is 6.70. The summed E-state index contributed by atoms with van der Waals surface area (Å²) in [4.78, 5) is 8.69. The van der Waals surface area contributed by atoms with Gasteiger partial charge in [-0.25, -0.2) is 4.98 Å². The Hall–Kier alpha value is -1.75. The van der Waals surface area contributed by atoms with Gasteiger partial charge in [0.25, 0.3) is 0 Å². The van der Waals surface area contributed by atoms with Crippen molar-refractivity contribution in [3.05, 3.63) is 41.7 Å². The van der Waals surface area contributed by atoms with E-state index in [1.807, 2.05) is 30.9 Å². The van der Waals surface area contributed by atoms with E-state index in [2.05, 4.69) is 33.4 Å². The molecule has 0 aliphatic carbocycles. The normalized spacial score (nSPS) is 12.6. The second-order valence-corrected chi connectivity index (χ2v) is 4.69. The molecule has 2 aromatic rings. The molecular weight excluding hydrogens is 238 g/mol. The van der Waals surface area contributed by atoms with Crippen molar-refractivity contribution in [3.63, 3.8) is 0 Å². The molecule has 19 heavy (non-hydrogen) atoms. The Kier molecular flexibility index (Phi) is 4.63. The molecule has 0 aliphatic heterocycles. The van der Waals surface area contributed by atoms with Crippen molar-refractivity contribution in [1.82, 2.24) is 25.1 Å². The standard InChI is InChI=1S/C14H21N5/c1-4-7-16-13(9-14-17-10-18-19(14)3)12-6-5-8-15-11(12)2/h5-6,8,10,13,16H,4,7,9H2,1-3H3. The maximum atomic E-state index is 4.38. The molecule has 0 spiro atoms. The number of hydrogen-bond acceptors (Lipinski definition) is 4. The molecule has 1 atom stereocenters. The molecule has 0 amide bonds. The van der Waals surface area contributed by atoms with Crippen LogP contribution in [-0.2, 0) is 13.5 Å². The van der Waals surface area contributed by atoms with Crippen molar-refractivity contribution in [2.75, 3.05) is 6.54 Å². The van der Waals surface area contributed by atoms with Crippen LogP contribution in [0.3, 0.4) is 0 Å². The van der Waals surface area contributed by atoms with Gasteiger partial charge in [-0.1, -0.05) is 13.0 Å². The van der Waals surface area contributed by atoms with E-state index in [1.165, 1.54) is 5.56 Å². The molecular formula is C14H21N5.